The third kappa shape index (κ3) is 4.00. The molecule has 0 aliphatic rings. The highest BCUT2D eigenvalue weighted by Gasteiger charge is 2.18. The van der Waals surface area contributed by atoms with Gasteiger partial charge in [-0.3, -0.25) is 0 Å². The normalized spacial score (nSPS) is 11.8. The number of nitrogens with zero attached hydrogens (tertiary/aromatic N) is 5. The lowest BCUT2D eigenvalue weighted by molar-refractivity contribution is 0.248. The topological polar surface area (TPSA) is 97.6 Å². The number of aryl methyl sites for hydroxylation is 1. The van der Waals surface area contributed by atoms with Crippen molar-refractivity contribution in [3.8, 4) is 5.95 Å². The van der Waals surface area contributed by atoms with E-state index in [-0.39, 0.29) is 6.03 Å². The molecule has 1 unspecified atom stereocenters. The van der Waals surface area contributed by atoms with Crippen molar-refractivity contribution in [3.63, 3.8) is 0 Å². The fraction of sp³-hybridized carbons (Fsp3) is 0.188. The maximum atomic E-state index is 12.4. The van der Waals surface area contributed by atoms with Crippen LogP contribution in [0.2, 0.25) is 5.02 Å². The number of benzene rings is 1. The van der Waals surface area contributed by atoms with E-state index >= 15 is 0 Å². The highest BCUT2D eigenvalue weighted by atomic mass is 79.9. The third-order valence-electron chi connectivity index (χ3n) is 3.57. The van der Waals surface area contributed by atoms with Crippen LogP contribution in [0, 0.1) is 6.92 Å². The van der Waals surface area contributed by atoms with Gasteiger partial charge in [0.15, 0.2) is 5.82 Å². The number of carbonyl (C=O) groups is 1. The largest absolute Gasteiger partial charge is 0.328 e. The fourth-order valence-corrected chi connectivity index (χ4v) is 2.86. The molecule has 2 heterocycles. The Morgan fingerprint density at radius 3 is 2.73 bits per heavy atom. The number of nitrogens with one attached hydrogen (secondary N) is 2. The van der Waals surface area contributed by atoms with E-state index in [4.69, 9.17) is 11.6 Å². The maximum absolute atomic E-state index is 12.4. The van der Waals surface area contributed by atoms with Gasteiger partial charge in [-0.05, 0) is 53.5 Å². The fourth-order valence-electron chi connectivity index (χ4n) is 2.30. The predicted octanol–water partition coefficient (Wildman–Crippen LogP) is 3.66. The number of amides is 2. The predicted molar refractivity (Wildman–Crippen MR) is 101 cm³/mol. The van der Waals surface area contributed by atoms with Gasteiger partial charge in [0.2, 0.25) is 0 Å². The van der Waals surface area contributed by atoms with E-state index in [0.29, 0.717) is 27.0 Å². The molecular weight excluding hydrogens is 422 g/mol. The third-order valence-corrected chi connectivity index (χ3v) is 4.76. The second-order valence-corrected chi connectivity index (χ2v) is 6.74. The first-order valence-corrected chi connectivity index (χ1v) is 8.83. The number of urea groups is 1. The van der Waals surface area contributed by atoms with Crippen molar-refractivity contribution in [1.29, 1.82) is 0 Å². The van der Waals surface area contributed by atoms with E-state index in [0.717, 1.165) is 5.56 Å². The summed E-state index contributed by atoms with van der Waals surface area (Å²) in [6.45, 7) is 3.66. The Bertz CT molecular complexity index is 932. The van der Waals surface area contributed by atoms with Crippen molar-refractivity contribution in [2.45, 2.75) is 19.9 Å². The van der Waals surface area contributed by atoms with Gasteiger partial charge in [-0.25, -0.2) is 19.7 Å². The summed E-state index contributed by atoms with van der Waals surface area (Å²) in [5.41, 5.74) is 1.50. The molecule has 0 spiro atoms. The minimum Gasteiger partial charge on any atom is -0.328 e. The molecule has 0 fully saturated rings. The second kappa shape index (κ2) is 7.79. The van der Waals surface area contributed by atoms with Gasteiger partial charge in [0.1, 0.15) is 6.33 Å². The summed E-state index contributed by atoms with van der Waals surface area (Å²) in [5, 5.41) is 10.3. The summed E-state index contributed by atoms with van der Waals surface area (Å²) in [5.74, 6) is 0.895. The Balaban J connectivity index is 1.73. The molecule has 26 heavy (non-hydrogen) atoms. The molecule has 2 aromatic heterocycles. The van der Waals surface area contributed by atoms with Crippen LogP contribution in [-0.4, -0.2) is 30.8 Å². The number of rotatable bonds is 4. The van der Waals surface area contributed by atoms with Crippen LogP contribution in [0.5, 0.6) is 0 Å². The van der Waals surface area contributed by atoms with Crippen molar-refractivity contribution in [2.75, 3.05) is 5.32 Å². The zero-order chi connectivity index (χ0) is 18.7. The summed E-state index contributed by atoms with van der Waals surface area (Å²) in [4.78, 5) is 24.8. The molecule has 1 atom stereocenters. The molecule has 0 saturated heterocycles. The van der Waals surface area contributed by atoms with E-state index in [1.165, 1.54) is 11.0 Å². The number of anilines is 1. The standard InChI is InChI=1S/C16H15BrClN7O/c1-9-6-12(18)11(17)7-13(9)24-16(26)23-10(2)14-21-8-22-25(14)15-19-4-3-5-20-15/h3-8,10H,1-2H3,(H2,23,24,26). The van der Waals surface area contributed by atoms with Crippen LogP contribution in [-0.2, 0) is 0 Å². The first kappa shape index (κ1) is 18.3. The molecule has 0 saturated carbocycles. The van der Waals surface area contributed by atoms with Crippen molar-refractivity contribution in [1.82, 2.24) is 30.0 Å². The van der Waals surface area contributed by atoms with Crippen LogP contribution < -0.4 is 10.6 Å². The zero-order valence-corrected chi connectivity index (χ0v) is 16.3. The van der Waals surface area contributed by atoms with Crippen LogP contribution in [0.15, 0.2) is 41.4 Å². The maximum Gasteiger partial charge on any atom is 0.319 e. The Labute approximate surface area is 163 Å². The van der Waals surface area contributed by atoms with Crippen molar-refractivity contribution < 1.29 is 4.79 Å². The van der Waals surface area contributed by atoms with E-state index < -0.39 is 6.04 Å². The SMILES string of the molecule is Cc1cc(Cl)c(Br)cc1NC(=O)NC(C)c1ncnn1-c1ncccn1. The van der Waals surface area contributed by atoms with E-state index in [9.17, 15) is 4.79 Å². The van der Waals surface area contributed by atoms with Crippen LogP contribution in [0.4, 0.5) is 10.5 Å². The molecule has 0 aliphatic heterocycles. The van der Waals surface area contributed by atoms with Gasteiger partial charge in [0.25, 0.3) is 5.95 Å². The molecule has 3 aromatic rings. The number of hydrogen-bond donors (Lipinski definition) is 2. The molecule has 2 amide bonds. The molecule has 8 nitrogen and oxygen atoms in total. The Kier molecular flexibility index (Phi) is 5.48. The summed E-state index contributed by atoms with van der Waals surface area (Å²) in [7, 11) is 0. The molecule has 134 valence electrons. The number of hydrogen-bond acceptors (Lipinski definition) is 5. The Morgan fingerprint density at radius 1 is 1.27 bits per heavy atom. The smallest absolute Gasteiger partial charge is 0.319 e. The van der Waals surface area contributed by atoms with Gasteiger partial charge in [-0.1, -0.05) is 11.6 Å². The summed E-state index contributed by atoms with van der Waals surface area (Å²) in [6, 6.07) is 4.44. The quantitative estimate of drug-likeness (QED) is 0.650. The van der Waals surface area contributed by atoms with Crippen LogP contribution in [0.1, 0.15) is 24.4 Å². The monoisotopic (exact) mass is 435 g/mol. The lowest BCUT2D eigenvalue weighted by atomic mass is 10.2. The average Bonchev–Trinajstić information content (AvgIpc) is 3.10. The molecule has 10 heteroatoms. The molecule has 0 bridgehead atoms. The van der Waals surface area contributed by atoms with Gasteiger partial charge >= 0.3 is 6.03 Å². The molecule has 2 N–H and O–H groups in total. The first-order chi connectivity index (χ1) is 12.5. The lowest BCUT2D eigenvalue weighted by Gasteiger charge is -2.16. The number of carbonyl (C=O) groups excluding carboxylic acids is 1. The lowest BCUT2D eigenvalue weighted by Crippen LogP contribution is -2.33. The van der Waals surface area contributed by atoms with Crippen molar-refractivity contribution >= 4 is 39.2 Å². The molecule has 0 radical (unpaired) electrons. The first-order valence-electron chi connectivity index (χ1n) is 7.66. The average molecular weight is 437 g/mol. The van der Waals surface area contributed by atoms with Crippen LogP contribution >= 0.6 is 27.5 Å². The highest BCUT2D eigenvalue weighted by Crippen LogP contribution is 2.29. The second-order valence-electron chi connectivity index (χ2n) is 5.48. The van der Waals surface area contributed by atoms with Gasteiger partial charge < -0.3 is 10.6 Å². The minimum absolute atomic E-state index is 0.377. The van der Waals surface area contributed by atoms with Gasteiger partial charge in [0, 0.05) is 22.6 Å². The van der Waals surface area contributed by atoms with Gasteiger partial charge in [-0.2, -0.15) is 9.78 Å². The van der Waals surface area contributed by atoms with Crippen molar-refractivity contribution in [3.05, 3.63) is 57.8 Å². The molecular formula is C16H15BrClN7O. The Hall–Kier alpha value is -2.52. The summed E-state index contributed by atoms with van der Waals surface area (Å²) < 4.78 is 2.18. The van der Waals surface area contributed by atoms with Gasteiger partial charge in [-0.15, -0.1) is 0 Å². The zero-order valence-electron chi connectivity index (χ0n) is 13.9. The van der Waals surface area contributed by atoms with E-state index in [2.05, 4.69) is 46.6 Å². The summed E-state index contributed by atoms with van der Waals surface area (Å²) in [6.07, 6.45) is 4.61. The summed E-state index contributed by atoms with van der Waals surface area (Å²) >= 11 is 9.39. The number of halogens is 2. The molecule has 0 aliphatic carbocycles. The molecule has 3 rings (SSSR count). The minimum atomic E-state index is -0.419. The highest BCUT2D eigenvalue weighted by molar-refractivity contribution is 9.10. The molecule has 1 aromatic carbocycles. The van der Waals surface area contributed by atoms with Crippen LogP contribution in [0.3, 0.4) is 0 Å². The van der Waals surface area contributed by atoms with Crippen LogP contribution in [0.25, 0.3) is 5.95 Å². The Morgan fingerprint density at radius 2 is 2.00 bits per heavy atom. The van der Waals surface area contributed by atoms with Crippen molar-refractivity contribution in [2.24, 2.45) is 0 Å². The van der Waals surface area contributed by atoms with E-state index in [1.807, 2.05) is 6.92 Å². The van der Waals surface area contributed by atoms with Gasteiger partial charge in [0.05, 0.1) is 11.1 Å². The van der Waals surface area contributed by atoms with E-state index in [1.54, 1.807) is 37.5 Å². The number of aromatic nitrogens is 5.